The van der Waals surface area contributed by atoms with Crippen LogP contribution in [0.4, 0.5) is 0 Å². The Morgan fingerprint density at radius 3 is 1.33 bits per heavy atom. The molecule has 0 atom stereocenters. The molecule has 0 N–H and O–H groups in total. The van der Waals surface area contributed by atoms with Crippen LogP contribution >= 0.6 is 0 Å². The predicted octanol–water partition coefficient (Wildman–Crippen LogP) is 20.1. The molecule has 15 rings (SSSR count). The number of fused-ring (bicyclic) bond motifs is 14. The van der Waals surface area contributed by atoms with Gasteiger partial charge in [0.1, 0.15) is 21.1 Å². The molecule has 444 valence electrons. The second-order valence-corrected chi connectivity index (χ2v) is 28.5. The average Bonchev–Trinajstić information content (AvgIpc) is 0.718. The largest absolute Gasteiger partial charge is 0.213 e. The molecule has 0 saturated heterocycles. The van der Waals surface area contributed by atoms with E-state index in [-0.39, 0.29) is 21.7 Å². The van der Waals surface area contributed by atoms with Crippen molar-refractivity contribution in [3.63, 3.8) is 0 Å². The molecular weight excluding hydrogens is 1070 g/mol. The molecule has 12 aromatic rings. The van der Waals surface area contributed by atoms with Crippen molar-refractivity contribution >= 4 is 32.3 Å². The Hall–Kier alpha value is -8.79. The third-order valence-electron chi connectivity index (χ3n) is 22.1. The first kappa shape index (κ1) is 59.2. The van der Waals surface area contributed by atoms with Crippen LogP contribution in [-0.4, -0.2) is 0 Å². The van der Waals surface area contributed by atoms with Gasteiger partial charge in [0, 0.05) is 52.8 Å². The van der Waals surface area contributed by atoms with E-state index in [2.05, 4.69) is 332 Å². The summed E-state index contributed by atoms with van der Waals surface area (Å²) in [5.74, 6) is 0. The first-order chi connectivity index (χ1) is 42.4. The van der Waals surface area contributed by atoms with Gasteiger partial charge in [-0.1, -0.05) is 183 Å². The zero-order chi connectivity index (χ0) is 62.8. The molecule has 0 amide bonds. The van der Waals surface area contributed by atoms with Crippen molar-refractivity contribution in [2.45, 2.75) is 131 Å². The highest BCUT2D eigenvalue weighted by Gasteiger charge is 2.49. The van der Waals surface area contributed by atoms with Crippen molar-refractivity contribution < 1.29 is 13.7 Å². The zero-order valence-electron chi connectivity index (χ0n) is 55.8. The van der Waals surface area contributed by atoms with Crippen molar-refractivity contribution in [2.75, 3.05) is 0 Å². The summed E-state index contributed by atoms with van der Waals surface area (Å²) in [5.41, 5.74) is 33.1. The summed E-state index contributed by atoms with van der Waals surface area (Å²) in [5, 5.41) is 8.09. The second-order valence-electron chi connectivity index (χ2n) is 28.5. The van der Waals surface area contributed by atoms with Crippen molar-refractivity contribution in [3.05, 3.63) is 267 Å². The van der Waals surface area contributed by atoms with E-state index in [0.717, 1.165) is 12.8 Å². The van der Waals surface area contributed by atoms with Crippen molar-refractivity contribution in [1.29, 1.82) is 0 Å². The van der Waals surface area contributed by atoms with Gasteiger partial charge in [0.2, 0.25) is 17.1 Å². The molecule has 0 spiro atoms. The first-order valence-corrected chi connectivity index (χ1v) is 32.3. The topological polar surface area (TPSA) is 11.6 Å². The molecular formula is C86H88N3+3. The van der Waals surface area contributed by atoms with E-state index in [1.807, 2.05) is 0 Å². The fourth-order valence-corrected chi connectivity index (χ4v) is 15.6. The highest BCUT2D eigenvalue weighted by Crippen LogP contribution is 2.59. The van der Waals surface area contributed by atoms with E-state index in [1.165, 1.54) is 166 Å². The van der Waals surface area contributed by atoms with Gasteiger partial charge in [-0.3, -0.25) is 0 Å². The van der Waals surface area contributed by atoms with E-state index in [1.54, 1.807) is 0 Å². The van der Waals surface area contributed by atoms with Crippen LogP contribution in [0.3, 0.4) is 0 Å². The molecule has 0 saturated carbocycles. The lowest BCUT2D eigenvalue weighted by molar-refractivity contribution is -0.660. The Bertz CT molecular complexity index is 4880. The molecule has 3 heterocycles. The number of hydrogen-bond acceptors (Lipinski definition) is 0. The standard InChI is InChI=1S/2C30H32N.C26H24N/c1-19-16-17-31(7)25(18-19)26-20(2)12-14-24-23-15-13-21-10-8-9-11-22(21)27(23)29(3,4)30(5,6)28(24)26;1-19-12-13-31(7)28(14-19)23-18-25-24-16-21-10-8-9-11-22(21)17-27(24)30(5,6)29(3,4)26(25)15-20(23)2;1-17-14-15-27(3)25(16-17)26-18(2)8-10-23-22-11-9-19-6-4-5-7-20(19)21(22)12-13-24(23)26/h2*8-18H,1-7H3;4-11,14-16H,12-13H2,1-3H3/q3*+1. The van der Waals surface area contributed by atoms with Gasteiger partial charge >= 0.3 is 0 Å². The molecule has 0 radical (unpaired) electrons. The molecule has 0 bridgehead atoms. The van der Waals surface area contributed by atoms with Crippen LogP contribution in [0.15, 0.2) is 201 Å². The van der Waals surface area contributed by atoms with Gasteiger partial charge < -0.3 is 0 Å². The van der Waals surface area contributed by atoms with Crippen molar-refractivity contribution in [3.8, 4) is 67.2 Å². The third-order valence-corrected chi connectivity index (χ3v) is 22.1. The van der Waals surface area contributed by atoms with E-state index >= 15 is 0 Å². The summed E-state index contributed by atoms with van der Waals surface area (Å²) >= 11 is 0. The Morgan fingerprint density at radius 2 is 0.708 bits per heavy atom. The van der Waals surface area contributed by atoms with Gasteiger partial charge in [-0.15, -0.1) is 0 Å². The van der Waals surface area contributed by atoms with Gasteiger partial charge in [0.25, 0.3) is 0 Å². The van der Waals surface area contributed by atoms with Crippen LogP contribution in [0.25, 0.3) is 99.5 Å². The van der Waals surface area contributed by atoms with Crippen LogP contribution < -0.4 is 13.7 Å². The summed E-state index contributed by atoms with van der Waals surface area (Å²) in [6, 6.07) is 68.1. The monoisotopic (exact) mass is 1160 g/mol. The number of nitrogens with zero attached hydrogens (tertiary/aromatic N) is 3. The highest BCUT2D eigenvalue weighted by molar-refractivity contribution is 5.98. The molecule has 0 fully saturated rings. The van der Waals surface area contributed by atoms with Crippen LogP contribution in [0.5, 0.6) is 0 Å². The summed E-state index contributed by atoms with van der Waals surface area (Å²) in [6.07, 6.45) is 8.73. The Kier molecular flexibility index (Phi) is 14.5. The number of pyridine rings is 3. The van der Waals surface area contributed by atoms with Crippen LogP contribution in [0, 0.1) is 41.5 Å². The van der Waals surface area contributed by atoms with E-state index in [9.17, 15) is 0 Å². The van der Waals surface area contributed by atoms with E-state index in [4.69, 9.17) is 0 Å². The fraction of sp³-hybridized carbons (Fsp3) is 0.267. The molecule has 0 unspecified atom stereocenters. The summed E-state index contributed by atoms with van der Waals surface area (Å²) in [7, 11) is 6.45. The van der Waals surface area contributed by atoms with Crippen LogP contribution in [0.2, 0.25) is 0 Å². The van der Waals surface area contributed by atoms with Gasteiger partial charge in [0.15, 0.2) is 18.6 Å². The maximum absolute atomic E-state index is 2.45. The molecule has 3 aliphatic rings. The van der Waals surface area contributed by atoms with Crippen LogP contribution in [0.1, 0.15) is 122 Å². The molecule has 3 nitrogen and oxygen atoms in total. The average molecular weight is 1160 g/mol. The molecule has 3 aromatic heterocycles. The maximum atomic E-state index is 2.45. The van der Waals surface area contributed by atoms with E-state index < -0.39 is 0 Å². The normalized spacial score (nSPS) is 15.1. The van der Waals surface area contributed by atoms with Crippen molar-refractivity contribution in [2.24, 2.45) is 21.1 Å². The Balaban J connectivity index is 0.000000123. The number of hydrogen-bond donors (Lipinski definition) is 0. The lowest BCUT2D eigenvalue weighted by atomic mass is 9.53. The van der Waals surface area contributed by atoms with Crippen LogP contribution in [-0.2, 0) is 55.6 Å². The Morgan fingerprint density at radius 1 is 0.292 bits per heavy atom. The lowest BCUT2D eigenvalue weighted by Gasteiger charge is -2.49. The van der Waals surface area contributed by atoms with Crippen molar-refractivity contribution in [1.82, 2.24) is 0 Å². The molecule has 9 aromatic carbocycles. The Labute approximate surface area is 530 Å². The minimum Gasteiger partial charge on any atom is -0.201 e. The second kappa shape index (κ2) is 21.8. The number of aryl methyl sites for hydroxylation is 10. The smallest absolute Gasteiger partial charge is 0.201 e. The lowest BCUT2D eigenvalue weighted by Crippen LogP contribution is -2.45. The van der Waals surface area contributed by atoms with Gasteiger partial charge in [-0.25, -0.2) is 13.7 Å². The number of rotatable bonds is 3. The van der Waals surface area contributed by atoms with Gasteiger partial charge in [0.05, 0.1) is 11.1 Å². The first-order valence-electron chi connectivity index (χ1n) is 32.3. The molecule has 3 heteroatoms. The van der Waals surface area contributed by atoms with E-state index in [0.29, 0.717) is 0 Å². The SMILES string of the molecule is Cc1cc[n+](C)c(-c2c(C)ccc3c2C(C)(C)C(C)(C)c2c-3ccc3ccccc23)c1.Cc1cc[n+](C)c(-c2c(C)ccc3c2CCc2c-3ccc3ccccc23)c1.Cc1cc[n+](C)c(-c2cc3c(cc2C)C(C)(C)C(C)(C)c2cc4ccccc4cc2-3)c1. The molecule has 89 heavy (non-hydrogen) atoms. The third kappa shape index (κ3) is 9.56. The fourth-order valence-electron chi connectivity index (χ4n) is 15.6. The highest BCUT2D eigenvalue weighted by atomic mass is 14.9. The summed E-state index contributed by atoms with van der Waals surface area (Å²) < 4.78 is 6.76. The predicted molar refractivity (Wildman–Crippen MR) is 376 cm³/mol. The summed E-state index contributed by atoms with van der Waals surface area (Å²) in [4.78, 5) is 0. The number of aromatic nitrogens is 3. The minimum absolute atomic E-state index is 0.0237. The quantitative estimate of drug-likeness (QED) is 0.156. The minimum atomic E-state index is -0.0441. The zero-order valence-corrected chi connectivity index (χ0v) is 55.8. The maximum Gasteiger partial charge on any atom is 0.213 e. The molecule has 0 aliphatic heterocycles. The number of benzene rings is 9. The molecule has 3 aliphatic carbocycles. The van der Waals surface area contributed by atoms with Gasteiger partial charge in [-0.05, 0) is 216 Å². The summed E-state index contributed by atoms with van der Waals surface area (Å²) in [6.45, 7) is 32.7. The van der Waals surface area contributed by atoms with Gasteiger partial charge in [-0.2, -0.15) is 0 Å².